The van der Waals surface area contributed by atoms with Gasteiger partial charge in [-0.15, -0.1) is 0 Å². The molecule has 1 radical (unpaired) electrons. The minimum Gasteiger partial charge on any atom is -0.478 e. The summed E-state index contributed by atoms with van der Waals surface area (Å²) in [4.78, 5) is 21.3. The van der Waals surface area contributed by atoms with E-state index in [0.717, 1.165) is 21.5 Å². The summed E-state index contributed by atoms with van der Waals surface area (Å²) >= 11 is 0. The van der Waals surface area contributed by atoms with Gasteiger partial charge in [0.05, 0.1) is 11.1 Å². The molecular weight excluding hydrogens is 383 g/mol. The zero-order valence-electron chi connectivity index (χ0n) is 14.2. The van der Waals surface area contributed by atoms with Crippen molar-refractivity contribution in [3.63, 3.8) is 0 Å². The van der Waals surface area contributed by atoms with Gasteiger partial charge in [-0.2, -0.15) is 0 Å². The van der Waals surface area contributed by atoms with Crippen molar-refractivity contribution in [3.8, 4) is 0 Å². The Morgan fingerprint density at radius 1 is 0.519 bits per heavy atom. The van der Waals surface area contributed by atoms with Gasteiger partial charge in [-0.1, -0.05) is 60.7 Å². The van der Waals surface area contributed by atoms with Crippen LogP contribution in [-0.2, 0) is 17.1 Å². The summed E-state index contributed by atoms with van der Waals surface area (Å²) in [6.45, 7) is 0. The number of hydrogen-bond acceptors (Lipinski definition) is 2. The van der Waals surface area contributed by atoms with Gasteiger partial charge in [0.2, 0.25) is 0 Å². The van der Waals surface area contributed by atoms with Crippen LogP contribution in [0.2, 0.25) is 0 Å². The van der Waals surface area contributed by atoms with Crippen molar-refractivity contribution in [2.75, 3.05) is 0 Å². The predicted molar refractivity (Wildman–Crippen MR) is 102 cm³/mol. The first-order valence-electron chi connectivity index (χ1n) is 7.99. The van der Waals surface area contributed by atoms with E-state index in [2.05, 4.69) is 0 Å². The number of carboxylic acids is 2. The van der Waals surface area contributed by atoms with Gasteiger partial charge in [0.1, 0.15) is 0 Å². The number of rotatable bonds is 2. The van der Waals surface area contributed by atoms with Crippen LogP contribution in [0.5, 0.6) is 0 Å². The molecule has 0 aliphatic carbocycles. The molecule has 0 bridgehead atoms. The van der Waals surface area contributed by atoms with Gasteiger partial charge in [-0.05, 0) is 45.8 Å². The molecule has 0 aliphatic heterocycles. The fraction of sp³-hybridized carbons (Fsp3) is 0. The maximum Gasteiger partial charge on any atom is 0.335 e. The van der Waals surface area contributed by atoms with Crippen LogP contribution in [0, 0.1) is 0 Å². The van der Waals surface area contributed by atoms with E-state index >= 15 is 0 Å². The number of hydrogen-bond donors (Lipinski definition) is 2. The maximum absolute atomic E-state index is 10.6. The van der Waals surface area contributed by atoms with E-state index in [-0.39, 0.29) is 17.1 Å². The summed E-state index contributed by atoms with van der Waals surface area (Å²) in [7, 11) is 0. The van der Waals surface area contributed by atoms with Crippen LogP contribution in [0.1, 0.15) is 20.7 Å². The van der Waals surface area contributed by atoms with Gasteiger partial charge >= 0.3 is 11.9 Å². The molecule has 0 unspecified atom stereocenters. The van der Waals surface area contributed by atoms with Crippen molar-refractivity contribution < 1.29 is 36.9 Å². The Morgan fingerprint density at radius 3 is 1.19 bits per heavy atom. The molecule has 0 heterocycles. The topological polar surface area (TPSA) is 74.6 Å². The second kappa shape index (κ2) is 8.99. The fourth-order valence-electron chi connectivity index (χ4n) is 2.64. The number of fused-ring (bicyclic) bond motifs is 2. The Hall–Kier alpha value is -3.14. The van der Waals surface area contributed by atoms with Crippen LogP contribution in [0.25, 0.3) is 21.5 Å². The van der Waals surface area contributed by atoms with Crippen molar-refractivity contribution in [3.05, 3.63) is 96.1 Å². The van der Waals surface area contributed by atoms with E-state index in [1.807, 2.05) is 60.7 Å². The molecule has 4 rings (SSSR count). The standard InChI is InChI=1S/2C11H8O2.Mn/c2*12-11(13)10-6-5-8-3-1-2-4-9(8)7-10;/h2*1-7H,(H,12,13);. The van der Waals surface area contributed by atoms with Crippen molar-refractivity contribution >= 4 is 33.5 Å². The molecule has 0 atom stereocenters. The Bertz CT molecular complexity index is 1020. The summed E-state index contributed by atoms with van der Waals surface area (Å²) in [6.07, 6.45) is 0. The molecule has 27 heavy (non-hydrogen) atoms. The molecule has 2 N–H and O–H groups in total. The van der Waals surface area contributed by atoms with Gasteiger partial charge < -0.3 is 10.2 Å². The summed E-state index contributed by atoms with van der Waals surface area (Å²) in [5.74, 6) is -1.77. The SMILES string of the molecule is O=C(O)c1ccc2ccccc2c1.O=C(O)c1ccc2ccccc2c1.[Mn]. The molecule has 4 aromatic carbocycles. The summed E-state index contributed by atoms with van der Waals surface area (Å²) in [6, 6.07) is 25.6. The first-order valence-corrected chi connectivity index (χ1v) is 7.99. The first kappa shape index (κ1) is 20.2. The van der Waals surface area contributed by atoms with Gasteiger partial charge in [0.25, 0.3) is 0 Å². The van der Waals surface area contributed by atoms with Crippen LogP contribution in [0.4, 0.5) is 0 Å². The Morgan fingerprint density at radius 2 is 0.852 bits per heavy atom. The van der Waals surface area contributed by atoms with E-state index in [1.165, 1.54) is 0 Å². The second-order valence-electron chi connectivity index (χ2n) is 5.73. The smallest absolute Gasteiger partial charge is 0.335 e. The van der Waals surface area contributed by atoms with Gasteiger partial charge in [0.15, 0.2) is 0 Å². The van der Waals surface area contributed by atoms with Crippen LogP contribution in [0.3, 0.4) is 0 Å². The molecule has 4 aromatic rings. The minimum atomic E-state index is -0.884. The number of benzene rings is 4. The number of carbonyl (C=O) groups is 2. The molecule has 0 saturated carbocycles. The zero-order valence-corrected chi connectivity index (χ0v) is 15.4. The molecule has 135 valence electrons. The van der Waals surface area contributed by atoms with Crippen LogP contribution in [0.15, 0.2) is 84.9 Å². The van der Waals surface area contributed by atoms with Crippen molar-refractivity contribution in [1.29, 1.82) is 0 Å². The quantitative estimate of drug-likeness (QED) is 0.462. The molecule has 0 saturated heterocycles. The Kier molecular flexibility index (Phi) is 6.72. The van der Waals surface area contributed by atoms with E-state index in [0.29, 0.717) is 11.1 Å². The van der Waals surface area contributed by atoms with Gasteiger partial charge in [0, 0.05) is 17.1 Å². The maximum atomic E-state index is 10.6. The van der Waals surface area contributed by atoms with Crippen LogP contribution in [-0.4, -0.2) is 22.2 Å². The van der Waals surface area contributed by atoms with Crippen LogP contribution < -0.4 is 0 Å². The van der Waals surface area contributed by atoms with Gasteiger partial charge in [-0.3, -0.25) is 0 Å². The van der Waals surface area contributed by atoms with Crippen molar-refractivity contribution in [1.82, 2.24) is 0 Å². The number of carboxylic acid groups (broad SMARTS) is 2. The first-order chi connectivity index (χ1) is 12.5. The summed E-state index contributed by atoms with van der Waals surface area (Å²) < 4.78 is 0. The van der Waals surface area contributed by atoms with E-state index in [9.17, 15) is 9.59 Å². The normalized spacial score (nSPS) is 9.78. The molecule has 4 nitrogen and oxygen atoms in total. The molecule has 0 amide bonds. The van der Waals surface area contributed by atoms with Gasteiger partial charge in [-0.25, -0.2) is 9.59 Å². The average molecular weight is 399 g/mol. The molecular formula is C22H16MnO4. The predicted octanol–water partition coefficient (Wildman–Crippen LogP) is 5.07. The largest absolute Gasteiger partial charge is 0.478 e. The minimum absolute atomic E-state index is 0. The third-order valence-corrected chi connectivity index (χ3v) is 3.99. The molecule has 0 fully saturated rings. The molecule has 0 spiro atoms. The molecule has 5 heteroatoms. The van der Waals surface area contributed by atoms with Crippen LogP contribution >= 0.6 is 0 Å². The third kappa shape index (κ3) is 4.94. The summed E-state index contributed by atoms with van der Waals surface area (Å²) in [5, 5.41) is 21.5. The monoisotopic (exact) mass is 399 g/mol. The number of aromatic carboxylic acids is 2. The molecule has 0 aliphatic rings. The zero-order chi connectivity index (χ0) is 18.5. The second-order valence-corrected chi connectivity index (χ2v) is 5.73. The Balaban J connectivity index is 0.000000187. The van der Waals surface area contributed by atoms with Crippen molar-refractivity contribution in [2.24, 2.45) is 0 Å². The van der Waals surface area contributed by atoms with E-state index < -0.39 is 11.9 Å². The summed E-state index contributed by atoms with van der Waals surface area (Å²) in [5.41, 5.74) is 0.664. The average Bonchev–Trinajstić information content (AvgIpc) is 2.67. The Labute approximate surface area is 166 Å². The third-order valence-electron chi connectivity index (χ3n) is 3.99. The van der Waals surface area contributed by atoms with Crippen molar-refractivity contribution in [2.45, 2.75) is 0 Å². The van der Waals surface area contributed by atoms with E-state index in [1.54, 1.807) is 24.3 Å². The molecule has 0 aromatic heterocycles. The fourth-order valence-corrected chi connectivity index (χ4v) is 2.64. The van der Waals surface area contributed by atoms with E-state index in [4.69, 9.17) is 10.2 Å².